The smallest absolute Gasteiger partial charge is 0.340 e. The second-order valence-corrected chi connectivity index (χ2v) is 7.99. The van der Waals surface area contributed by atoms with Crippen molar-refractivity contribution in [3.05, 3.63) is 52.5 Å². The number of hydrogen-bond donors (Lipinski definition) is 2. The van der Waals surface area contributed by atoms with Crippen LogP contribution in [0.4, 0.5) is 5.69 Å². The molecule has 8 nitrogen and oxygen atoms in total. The van der Waals surface area contributed by atoms with Crippen molar-refractivity contribution in [1.82, 2.24) is 10.2 Å². The Bertz CT molecular complexity index is 1050. The topological polar surface area (TPSA) is 111 Å². The molecule has 146 valence electrons. The molecule has 0 fully saturated rings. The molecule has 8 heteroatoms. The molecule has 1 amide bonds. The van der Waals surface area contributed by atoms with Gasteiger partial charge in [-0.15, -0.1) is 5.10 Å². The number of fused-ring (bicyclic) bond motifs is 4. The van der Waals surface area contributed by atoms with Gasteiger partial charge in [-0.1, -0.05) is 39.0 Å². The number of rotatable bonds is 1. The van der Waals surface area contributed by atoms with Crippen molar-refractivity contribution < 1.29 is 19.1 Å². The van der Waals surface area contributed by atoms with Crippen LogP contribution in [0, 0.1) is 0 Å². The number of methoxy groups -OCH3 is 1. The lowest BCUT2D eigenvalue weighted by Crippen LogP contribution is -2.48. The van der Waals surface area contributed by atoms with Crippen LogP contribution in [-0.2, 0) is 25.2 Å². The Balaban J connectivity index is 2.19. The number of nitrogens with two attached hydrogens (primary N) is 1. The fourth-order valence-electron chi connectivity index (χ4n) is 4.15. The number of carbonyl (C=O) groups is 2. The predicted molar refractivity (Wildman–Crippen MR) is 102 cm³/mol. The van der Waals surface area contributed by atoms with Crippen LogP contribution in [0.25, 0.3) is 0 Å². The number of hydrogen-bond acceptors (Lipinski definition) is 6. The molecule has 3 N–H and O–H groups in total. The first-order valence-corrected chi connectivity index (χ1v) is 8.89. The normalized spacial score (nSPS) is 20.9. The van der Waals surface area contributed by atoms with Gasteiger partial charge in [0.1, 0.15) is 11.0 Å². The zero-order valence-electron chi connectivity index (χ0n) is 16.4. The number of aromatic nitrogens is 2. The molecule has 0 saturated carbocycles. The van der Waals surface area contributed by atoms with E-state index in [1.807, 2.05) is 45.0 Å². The van der Waals surface area contributed by atoms with Crippen molar-refractivity contribution in [2.75, 3.05) is 19.1 Å². The van der Waals surface area contributed by atoms with Gasteiger partial charge in [-0.3, -0.25) is 9.89 Å². The number of esters is 1. The van der Waals surface area contributed by atoms with Crippen LogP contribution in [0.5, 0.6) is 5.88 Å². The average Bonchev–Trinajstić information content (AvgIpc) is 3.16. The van der Waals surface area contributed by atoms with Gasteiger partial charge in [0.25, 0.3) is 0 Å². The standard InChI is InChI=1S/C20H22N4O4/c1-19(2,3)14-12-16(23-22-14)28-15(21)13(17(25)27-5)20(12)10-8-6-7-9-11(10)24(4)18(20)26/h6-9H,21H2,1-5H3,(H,22,23). The van der Waals surface area contributed by atoms with Gasteiger partial charge in [-0.05, 0) is 6.07 Å². The molecule has 1 unspecified atom stereocenters. The summed E-state index contributed by atoms with van der Waals surface area (Å²) in [7, 11) is 2.92. The largest absolute Gasteiger partial charge is 0.465 e. The zero-order valence-corrected chi connectivity index (χ0v) is 16.4. The van der Waals surface area contributed by atoms with E-state index in [2.05, 4.69) is 10.2 Å². The van der Waals surface area contributed by atoms with Gasteiger partial charge in [0.05, 0.1) is 12.7 Å². The highest BCUT2D eigenvalue weighted by molar-refractivity contribution is 6.18. The monoisotopic (exact) mass is 382 g/mol. The third kappa shape index (κ3) is 2.02. The molecule has 4 rings (SSSR count). The van der Waals surface area contributed by atoms with Crippen LogP contribution in [0.15, 0.2) is 35.7 Å². The van der Waals surface area contributed by atoms with E-state index in [1.165, 1.54) is 12.0 Å². The lowest BCUT2D eigenvalue weighted by atomic mass is 9.66. The van der Waals surface area contributed by atoms with Crippen molar-refractivity contribution in [2.45, 2.75) is 31.6 Å². The number of ether oxygens (including phenoxy) is 2. The minimum Gasteiger partial charge on any atom is -0.465 e. The molecule has 1 aromatic carbocycles. The first kappa shape index (κ1) is 18.1. The molecule has 3 heterocycles. The van der Waals surface area contributed by atoms with Gasteiger partial charge in [-0.2, -0.15) is 0 Å². The highest BCUT2D eigenvalue weighted by Gasteiger charge is 2.62. The lowest BCUT2D eigenvalue weighted by Gasteiger charge is -2.35. The van der Waals surface area contributed by atoms with Crippen LogP contribution in [0.2, 0.25) is 0 Å². The van der Waals surface area contributed by atoms with E-state index >= 15 is 0 Å². The minimum absolute atomic E-state index is 0.0313. The van der Waals surface area contributed by atoms with E-state index in [9.17, 15) is 9.59 Å². The summed E-state index contributed by atoms with van der Waals surface area (Å²) < 4.78 is 10.7. The SMILES string of the molecule is COC(=O)C1=C(N)Oc2n[nH]c(C(C)(C)C)c2C12C(=O)N(C)c1ccccc12. The molecule has 0 aliphatic carbocycles. The van der Waals surface area contributed by atoms with Crippen molar-refractivity contribution in [3.63, 3.8) is 0 Å². The number of anilines is 1. The summed E-state index contributed by atoms with van der Waals surface area (Å²) in [5, 5.41) is 7.25. The molecule has 1 spiro atoms. The molecule has 0 bridgehead atoms. The van der Waals surface area contributed by atoms with Crippen molar-refractivity contribution in [1.29, 1.82) is 0 Å². The predicted octanol–water partition coefficient (Wildman–Crippen LogP) is 1.71. The number of nitrogens with one attached hydrogen (secondary N) is 1. The van der Waals surface area contributed by atoms with E-state index in [0.717, 1.165) is 0 Å². The number of aromatic amines is 1. The number of para-hydroxylation sites is 1. The maximum atomic E-state index is 13.8. The maximum Gasteiger partial charge on any atom is 0.340 e. The van der Waals surface area contributed by atoms with E-state index in [-0.39, 0.29) is 23.2 Å². The summed E-state index contributed by atoms with van der Waals surface area (Å²) in [6.45, 7) is 5.97. The third-order valence-corrected chi connectivity index (χ3v) is 5.37. The first-order valence-electron chi connectivity index (χ1n) is 8.89. The Labute approximate surface area is 162 Å². The van der Waals surface area contributed by atoms with Crippen LogP contribution >= 0.6 is 0 Å². The van der Waals surface area contributed by atoms with Gasteiger partial charge in [0.15, 0.2) is 0 Å². The van der Waals surface area contributed by atoms with Gasteiger partial charge in [-0.25, -0.2) is 4.79 Å². The molecule has 28 heavy (non-hydrogen) atoms. The fourth-order valence-corrected chi connectivity index (χ4v) is 4.15. The van der Waals surface area contributed by atoms with E-state index < -0.39 is 16.8 Å². The highest BCUT2D eigenvalue weighted by atomic mass is 16.5. The molecule has 0 saturated heterocycles. The molecular formula is C20H22N4O4. The molecule has 1 aromatic heterocycles. The van der Waals surface area contributed by atoms with Crippen LogP contribution in [0.1, 0.15) is 37.6 Å². The van der Waals surface area contributed by atoms with Crippen LogP contribution in [0.3, 0.4) is 0 Å². The summed E-state index contributed by atoms with van der Waals surface area (Å²) in [5.41, 5.74) is 6.73. The molecule has 2 aromatic rings. The van der Waals surface area contributed by atoms with Crippen LogP contribution < -0.4 is 15.4 Å². The van der Waals surface area contributed by atoms with E-state index in [4.69, 9.17) is 15.2 Å². The minimum atomic E-state index is -1.49. The second kappa shape index (κ2) is 5.60. The summed E-state index contributed by atoms with van der Waals surface area (Å²) in [4.78, 5) is 28.2. The average molecular weight is 382 g/mol. The van der Waals surface area contributed by atoms with Crippen molar-refractivity contribution in [2.24, 2.45) is 5.73 Å². The Morgan fingerprint density at radius 2 is 2.00 bits per heavy atom. The van der Waals surface area contributed by atoms with Gasteiger partial charge in [0.2, 0.25) is 17.7 Å². The fraction of sp³-hybridized carbons (Fsp3) is 0.350. The van der Waals surface area contributed by atoms with E-state index in [0.29, 0.717) is 22.5 Å². The maximum absolute atomic E-state index is 13.8. The summed E-state index contributed by atoms with van der Waals surface area (Å²) in [6, 6.07) is 7.32. The Morgan fingerprint density at radius 1 is 1.32 bits per heavy atom. The number of H-pyrrole nitrogens is 1. The number of amides is 1. The second-order valence-electron chi connectivity index (χ2n) is 7.99. The van der Waals surface area contributed by atoms with Crippen molar-refractivity contribution in [3.8, 4) is 5.88 Å². The van der Waals surface area contributed by atoms with Crippen LogP contribution in [-0.4, -0.2) is 36.2 Å². The molecule has 1 atom stereocenters. The zero-order chi connectivity index (χ0) is 20.4. The lowest BCUT2D eigenvalue weighted by molar-refractivity contribution is -0.138. The quantitative estimate of drug-likeness (QED) is 0.727. The van der Waals surface area contributed by atoms with Crippen molar-refractivity contribution >= 4 is 17.6 Å². The first-order chi connectivity index (χ1) is 13.2. The Kier molecular flexibility index (Phi) is 3.62. The number of benzene rings is 1. The highest BCUT2D eigenvalue weighted by Crippen LogP contribution is 2.56. The van der Waals surface area contributed by atoms with Gasteiger partial charge in [0, 0.05) is 29.4 Å². The summed E-state index contributed by atoms with van der Waals surface area (Å²) in [6.07, 6.45) is 0. The number of nitrogens with zero attached hydrogens (tertiary/aromatic N) is 2. The van der Waals surface area contributed by atoms with Gasteiger partial charge >= 0.3 is 5.97 Å². The molecular weight excluding hydrogens is 360 g/mol. The molecule has 2 aliphatic rings. The summed E-state index contributed by atoms with van der Waals surface area (Å²) >= 11 is 0. The summed E-state index contributed by atoms with van der Waals surface area (Å²) in [5.74, 6) is -1.03. The Hall–Kier alpha value is -3.29. The molecule has 2 aliphatic heterocycles. The molecule has 0 radical (unpaired) electrons. The third-order valence-electron chi connectivity index (χ3n) is 5.37. The van der Waals surface area contributed by atoms with E-state index in [1.54, 1.807) is 7.05 Å². The number of likely N-dealkylation sites (N-methyl/N-ethyl adjacent to an activating group) is 1. The van der Waals surface area contributed by atoms with Gasteiger partial charge < -0.3 is 20.1 Å². The number of carbonyl (C=O) groups excluding carboxylic acids is 2. The Morgan fingerprint density at radius 3 is 2.64 bits per heavy atom.